The number of nitrogens with one attached hydrogen (secondary N) is 2. The number of hydrogen-bond acceptors (Lipinski definition) is 4. The first-order chi connectivity index (χ1) is 9.38. The van der Waals surface area contributed by atoms with Gasteiger partial charge in [0.05, 0.1) is 11.8 Å². The number of amides is 1. The minimum Gasteiger partial charge on any atom is -0.325 e. The lowest BCUT2D eigenvalue weighted by atomic mass is 10.2. The molecule has 4 N–H and O–H groups in total. The quantitative estimate of drug-likeness (QED) is 0.674. The summed E-state index contributed by atoms with van der Waals surface area (Å²) in [5, 5.41) is 2.59. The Kier molecular flexibility index (Phi) is 5.55. The third-order valence-corrected chi connectivity index (χ3v) is 3.79. The van der Waals surface area contributed by atoms with Gasteiger partial charge in [-0.15, -0.1) is 12.3 Å². The smallest absolute Gasteiger partial charge is 0.242 e. The molecule has 1 atom stereocenters. The van der Waals surface area contributed by atoms with Crippen LogP contribution >= 0.6 is 0 Å². The van der Waals surface area contributed by atoms with Gasteiger partial charge in [-0.05, 0) is 31.2 Å². The van der Waals surface area contributed by atoms with Gasteiger partial charge in [-0.1, -0.05) is 0 Å². The van der Waals surface area contributed by atoms with Crippen molar-refractivity contribution in [2.45, 2.75) is 19.4 Å². The van der Waals surface area contributed by atoms with Crippen LogP contribution in [0.1, 0.15) is 13.3 Å². The van der Waals surface area contributed by atoms with Crippen LogP contribution in [0.25, 0.3) is 0 Å². The summed E-state index contributed by atoms with van der Waals surface area (Å²) in [6.45, 7) is 1.55. The van der Waals surface area contributed by atoms with Crippen LogP contribution in [0.2, 0.25) is 0 Å². The van der Waals surface area contributed by atoms with E-state index in [-0.39, 0.29) is 18.1 Å². The molecule has 7 heteroatoms. The van der Waals surface area contributed by atoms with Crippen LogP contribution in [-0.2, 0) is 14.8 Å². The monoisotopic (exact) mass is 295 g/mol. The van der Waals surface area contributed by atoms with Crippen molar-refractivity contribution < 1.29 is 13.2 Å². The zero-order valence-electron chi connectivity index (χ0n) is 11.1. The molecule has 1 aromatic carbocycles. The lowest BCUT2D eigenvalue weighted by Crippen LogP contribution is -2.35. The second-order valence-electron chi connectivity index (χ2n) is 4.09. The molecule has 108 valence electrons. The largest absolute Gasteiger partial charge is 0.325 e. The van der Waals surface area contributed by atoms with Gasteiger partial charge in [0.1, 0.15) is 0 Å². The van der Waals surface area contributed by atoms with Crippen molar-refractivity contribution >= 4 is 27.3 Å². The van der Waals surface area contributed by atoms with E-state index >= 15 is 0 Å². The Labute approximate surface area is 118 Å². The molecule has 0 fully saturated rings. The summed E-state index contributed by atoms with van der Waals surface area (Å²) < 4.78 is 25.2. The van der Waals surface area contributed by atoms with Crippen molar-refractivity contribution in [2.24, 2.45) is 5.73 Å². The van der Waals surface area contributed by atoms with E-state index in [2.05, 4.69) is 16.0 Å². The minimum atomic E-state index is -3.31. The number of sulfonamides is 1. The molecule has 0 aromatic heterocycles. The second-order valence-corrected chi connectivity index (χ2v) is 6.10. The Morgan fingerprint density at radius 3 is 2.40 bits per heavy atom. The SMILES string of the molecule is C#CCC(N)C(=O)Nc1ccc(NS(=O)(=O)CC)cc1. The normalized spacial score (nSPS) is 12.2. The second kappa shape index (κ2) is 6.93. The van der Waals surface area contributed by atoms with Crippen LogP contribution in [0.5, 0.6) is 0 Å². The molecule has 1 rings (SSSR count). The molecule has 1 amide bonds. The number of benzene rings is 1. The lowest BCUT2D eigenvalue weighted by molar-refractivity contribution is -0.117. The van der Waals surface area contributed by atoms with Gasteiger partial charge in [0.2, 0.25) is 15.9 Å². The average molecular weight is 295 g/mol. The van der Waals surface area contributed by atoms with Gasteiger partial charge in [-0.25, -0.2) is 8.42 Å². The Bertz CT molecular complexity index is 603. The molecule has 20 heavy (non-hydrogen) atoms. The molecule has 0 bridgehead atoms. The minimum absolute atomic E-state index is 0.00751. The third-order valence-electron chi connectivity index (χ3n) is 2.48. The van der Waals surface area contributed by atoms with Crippen LogP contribution in [0.15, 0.2) is 24.3 Å². The maximum Gasteiger partial charge on any atom is 0.242 e. The zero-order valence-corrected chi connectivity index (χ0v) is 11.9. The summed E-state index contributed by atoms with van der Waals surface area (Å²) in [4.78, 5) is 11.6. The molecule has 0 aliphatic heterocycles. The fourth-order valence-corrected chi connectivity index (χ4v) is 1.97. The van der Waals surface area contributed by atoms with E-state index in [1.54, 1.807) is 31.2 Å². The molecule has 1 unspecified atom stereocenters. The number of carbonyl (C=O) groups excluding carboxylic acids is 1. The topological polar surface area (TPSA) is 101 Å². The molecule has 0 aliphatic carbocycles. The van der Waals surface area contributed by atoms with E-state index in [0.717, 1.165) is 0 Å². The van der Waals surface area contributed by atoms with Crippen LogP contribution in [-0.4, -0.2) is 26.1 Å². The summed E-state index contributed by atoms with van der Waals surface area (Å²) in [6.07, 6.45) is 5.23. The molecule has 0 saturated carbocycles. The van der Waals surface area contributed by atoms with Crippen LogP contribution in [0.4, 0.5) is 11.4 Å². The number of rotatable bonds is 6. The van der Waals surface area contributed by atoms with Crippen LogP contribution in [0.3, 0.4) is 0 Å². The average Bonchev–Trinajstić information content (AvgIpc) is 2.41. The lowest BCUT2D eigenvalue weighted by Gasteiger charge is -2.11. The van der Waals surface area contributed by atoms with Gasteiger partial charge >= 0.3 is 0 Å². The maximum atomic E-state index is 11.6. The van der Waals surface area contributed by atoms with Gasteiger partial charge in [0.25, 0.3) is 0 Å². The molecule has 6 nitrogen and oxygen atoms in total. The predicted molar refractivity (Wildman–Crippen MR) is 79.6 cm³/mol. The molecule has 1 aromatic rings. The van der Waals surface area contributed by atoms with E-state index in [1.807, 2.05) is 0 Å². The van der Waals surface area contributed by atoms with E-state index in [4.69, 9.17) is 12.2 Å². The van der Waals surface area contributed by atoms with Crippen molar-refractivity contribution in [1.29, 1.82) is 0 Å². The molecular weight excluding hydrogens is 278 g/mol. The fourth-order valence-electron chi connectivity index (χ4n) is 1.33. The Hall–Kier alpha value is -2.04. The number of terminal acetylenes is 1. The van der Waals surface area contributed by atoms with E-state index in [9.17, 15) is 13.2 Å². The van der Waals surface area contributed by atoms with Crippen molar-refractivity contribution in [1.82, 2.24) is 0 Å². The maximum absolute atomic E-state index is 11.6. The van der Waals surface area contributed by atoms with Gasteiger partial charge < -0.3 is 11.1 Å². The van der Waals surface area contributed by atoms with Crippen molar-refractivity contribution in [2.75, 3.05) is 15.8 Å². The number of nitrogens with two attached hydrogens (primary N) is 1. The van der Waals surface area contributed by atoms with E-state index < -0.39 is 16.1 Å². The standard InChI is InChI=1S/C13H17N3O3S/c1-3-5-12(14)13(17)15-10-6-8-11(9-7-10)16-20(18,19)4-2/h1,6-9,12,16H,4-5,14H2,2H3,(H,15,17). The Morgan fingerprint density at radius 2 is 1.90 bits per heavy atom. The van der Waals surface area contributed by atoms with Gasteiger partial charge in [-0.3, -0.25) is 9.52 Å². The third kappa shape index (κ3) is 4.91. The van der Waals surface area contributed by atoms with Gasteiger partial charge in [-0.2, -0.15) is 0 Å². The molecule has 0 spiro atoms. The highest BCUT2D eigenvalue weighted by Crippen LogP contribution is 2.15. The van der Waals surface area contributed by atoms with Crippen molar-refractivity contribution in [3.63, 3.8) is 0 Å². The number of carbonyl (C=O) groups is 1. The predicted octanol–water partition coefficient (Wildman–Crippen LogP) is 0.737. The number of hydrogen-bond donors (Lipinski definition) is 3. The van der Waals surface area contributed by atoms with E-state index in [1.165, 1.54) is 0 Å². The summed E-state index contributed by atoms with van der Waals surface area (Å²) in [5.41, 5.74) is 6.50. The summed E-state index contributed by atoms with van der Waals surface area (Å²) >= 11 is 0. The van der Waals surface area contributed by atoms with Crippen LogP contribution in [0, 0.1) is 12.3 Å². The van der Waals surface area contributed by atoms with Crippen molar-refractivity contribution in [3.8, 4) is 12.3 Å². The van der Waals surface area contributed by atoms with Gasteiger partial charge in [0, 0.05) is 17.8 Å². The van der Waals surface area contributed by atoms with Crippen LogP contribution < -0.4 is 15.8 Å². The van der Waals surface area contributed by atoms with Gasteiger partial charge in [0.15, 0.2) is 0 Å². The molecule has 0 aliphatic rings. The Morgan fingerprint density at radius 1 is 1.35 bits per heavy atom. The first kappa shape index (κ1) is 16.0. The highest BCUT2D eigenvalue weighted by Gasteiger charge is 2.12. The first-order valence-corrected chi connectivity index (χ1v) is 7.63. The van der Waals surface area contributed by atoms with Crippen molar-refractivity contribution in [3.05, 3.63) is 24.3 Å². The fraction of sp³-hybridized carbons (Fsp3) is 0.308. The molecule has 0 saturated heterocycles. The summed E-state index contributed by atoms with van der Waals surface area (Å²) in [7, 11) is -3.31. The molecular formula is C13H17N3O3S. The zero-order chi connectivity index (χ0) is 15.2. The first-order valence-electron chi connectivity index (χ1n) is 5.98. The number of anilines is 2. The Balaban J connectivity index is 2.68. The molecule has 0 radical (unpaired) electrons. The van der Waals surface area contributed by atoms with E-state index in [0.29, 0.717) is 11.4 Å². The summed E-state index contributed by atoms with van der Waals surface area (Å²) in [6, 6.07) is 5.49. The summed E-state index contributed by atoms with van der Waals surface area (Å²) in [5.74, 6) is 1.92. The highest BCUT2D eigenvalue weighted by molar-refractivity contribution is 7.92. The highest BCUT2D eigenvalue weighted by atomic mass is 32.2. The molecule has 0 heterocycles.